The van der Waals surface area contributed by atoms with Crippen LogP contribution in [-0.2, 0) is 24.0 Å². The van der Waals surface area contributed by atoms with E-state index in [0.29, 0.717) is 37.2 Å². The SMILES string of the molecule is O=C1C=C(c2ccc(N3CCON(C(=O)CNCCCF)CC3)c(F)c2)C[C@H](CNC(=O)C(F)F)O1.[HH].[HH]. The van der Waals surface area contributed by atoms with Gasteiger partial charge in [-0.1, -0.05) is 6.07 Å². The summed E-state index contributed by atoms with van der Waals surface area (Å²) in [6, 6.07) is 4.44. The van der Waals surface area contributed by atoms with E-state index in [1.54, 1.807) is 17.0 Å². The molecule has 2 N–H and O–H groups in total. The van der Waals surface area contributed by atoms with Crippen molar-refractivity contribution in [3.63, 3.8) is 0 Å². The van der Waals surface area contributed by atoms with Gasteiger partial charge >= 0.3 is 12.4 Å². The number of alkyl halides is 3. The van der Waals surface area contributed by atoms with Crippen LogP contribution >= 0.6 is 0 Å². The summed E-state index contributed by atoms with van der Waals surface area (Å²) in [5.74, 6) is -3.04. The lowest BCUT2D eigenvalue weighted by atomic mass is 9.97. The van der Waals surface area contributed by atoms with Crippen molar-refractivity contribution >= 4 is 29.0 Å². The summed E-state index contributed by atoms with van der Waals surface area (Å²) in [5.41, 5.74) is 1.15. The zero-order chi connectivity index (χ0) is 26.1. The van der Waals surface area contributed by atoms with Gasteiger partial charge in [0.25, 0.3) is 11.8 Å². The van der Waals surface area contributed by atoms with Crippen LogP contribution in [0.1, 0.15) is 21.3 Å². The molecular weight excluding hydrogens is 488 g/mol. The molecule has 3 rings (SSSR count). The fraction of sp³-hybridized carbons (Fsp3) is 0.522. The van der Waals surface area contributed by atoms with Crippen molar-refractivity contribution in [3.8, 4) is 0 Å². The van der Waals surface area contributed by atoms with Crippen molar-refractivity contribution in [3.05, 3.63) is 35.7 Å². The van der Waals surface area contributed by atoms with Gasteiger partial charge in [-0.05, 0) is 36.2 Å². The number of carbonyl (C=O) groups excluding carboxylic acids is 3. The van der Waals surface area contributed by atoms with Gasteiger partial charge in [-0.2, -0.15) is 8.78 Å². The molecule has 1 atom stereocenters. The third-order valence-electron chi connectivity index (χ3n) is 5.61. The fourth-order valence-electron chi connectivity index (χ4n) is 3.82. The first kappa shape index (κ1) is 27.4. The Morgan fingerprint density at radius 3 is 2.75 bits per heavy atom. The van der Waals surface area contributed by atoms with Gasteiger partial charge in [0.15, 0.2) is 0 Å². The van der Waals surface area contributed by atoms with Gasteiger partial charge in [-0.3, -0.25) is 18.8 Å². The highest BCUT2D eigenvalue weighted by atomic mass is 19.3. The zero-order valence-electron chi connectivity index (χ0n) is 19.5. The van der Waals surface area contributed by atoms with Crippen LogP contribution in [0.2, 0.25) is 0 Å². The first-order chi connectivity index (χ1) is 17.3. The quantitative estimate of drug-likeness (QED) is 0.276. The molecule has 0 bridgehead atoms. The van der Waals surface area contributed by atoms with Gasteiger partial charge in [0.2, 0.25) is 0 Å². The lowest BCUT2D eigenvalue weighted by Crippen LogP contribution is -2.40. The monoisotopic (exact) mass is 520 g/mol. The molecule has 0 unspecified atom stereocenters. The molecule has 2 amide bonds. The average molecular weight is 521 g/mol. The van der Waals surface area contributed by atoms with E-state index in [1.807, 2.05) is 5.32 Å². The Morgan fingerprint density at radius 1 is 1.22 bits per heavy atom. The van der Waals surface area contributed by atoms with Crippen molar-refractivity contribution in [2.75, 3.05) is 57.4 Å². The lowest BCUT2D eigenvalue weighted by Gasteiger charge is -2.25. The fourth-order valence-corrected chi connectivity index (χ4v) is 3.82. The van der Waals surface area contributed by atoms with Gasteiger partial charge in [-0.15, -0.1) is 0 Å². The highest BCUT2D eigenvalue weighted by molar-refractivity contribution is 5.93. The number of nitrogens with zero attached hydrogens (tertiary/aromatic N) is 2. The van der Waals surface area contributed by atoms with Gasteiger partial charge in [0.05, 0.1) is 38.6 Å². The van der Waals surface area contributed by atoms with E-state index in [1.165, 1.54) is 17.2 Å². The summed E-state index contributed by atoms with van der Waals surface area (Å²) in [7, 11) is 0. The number of hydrogen-bond donors (Lipinski definition) is 2. The molecule has 0 aromatic heterocycles. The first-order valence-corrected chi connectivity index (χ1v) is 11.5. The number of halogens is 4. The highest BCUT2D eigenvalue weighted by Crippen LogP contribution is 2.29. The van der Waals surface area contributed by atoms with E-state index < -0.39 is 36.9 Å². The maximum atomic E-state index is 15.1. The molecule has 1 aromatic carbocycles. The minimum Gasteiger partial charge on any atom is -0.457 e. The molecule has 0 saturated carbocycles. The Hall–Kier alpha value is -3.19. The van der Waals surface area contributed by atoms with E-state index >= 15 is 4.39 Å². The zero-order valence-corrected chi connectivity index (χ0v) is 19.5. The molecule has 1 aromatic rings. The standard InChI is InChI=1S/C23H28F4N4O5.2H2/c24-4-1-5-28-14-20(32)31-7-6-30(8-9-35-31)19-3-2-15(11-18(19)25)16-10-17(36-21(33)12-16)13-29-23(34)22(26)27;;/h2-3,11-12,17,22,28H,1,4-10,13-14H2,(H,29,34);2*1H/t17-;;/m1../s1. The number of anilines is 1. The van der Waals surface area contributed by atoms with Crippen molar-refractivity contribution in [2.45, 2.75) is 25.4 Å². The number of cyclic esters (lactones) is 1. The molecule has 13 heteroatoms. The van der Waals surface area contributed by atoms with E-state index in [-0.39, 0.29) is 47.1 Å². The maximum Gasteiger partial charge on any atom is 0.331 e. The molecule has 2 aliphatic rings. The van der Waals surface area contributed by atoms with Gasteiger partial charge in [-0.25, -0.2) is 14.2 Å². The van der Waals surface area contributed by atoms with Crippen molar-refractivity contribution in [2.24, 2.45) is 0 Å². The van der Waals surface area contributed by atoms with Crippen LogP contribution < -0.4 is 15.5 Å². The molecule has 0 radical (unpaired) electrons. The molecule has 202 valence electrons. The van der Waals surface area contributed by atoms with Gasteiger partial charge < -0.3 is 20.3 Å². The minimum absolute atomic E-state index is 0. The molecule has 36 heavy (non-hydrogen) atoms. The van der Waals surface area contributed by atoms with E-state index in [2.05, 4.69) is 5.32 Å². The number of ether oxygens (including phenoxy) is 1. The Balaban J connectivity index is 0.00000361. The average Bonchev–Trinajstić information content (AvgIpc) is 3.11. The third-order valence-corrected chi connectivity index (χ3v) is 5.61. The first-order valence-electron chi connectivity index (χ1n) is 11.5. The third kappa shape index (κ3) is 7.65. The van der Waals surface area contributed by atoms with Crippen LogP contribution in [0.25, 0.3) is 5.57 Å². The minimum atomic E-state index is -3.18. The number of hydroxylamine groups is 2. The maximum absolute atomic E-state index is 15.1. The van der Waals surface area contributed by atoms with Crippen LogP contribution in [0.15, 0.2) is 24.3 Å². The van der Waals surface area contributed by atoms with Crippen molar-refractivity contribution in [1.82, 2.24) is 15.7 Å². The van der Waals surface area contributed by atoms with Crippen LogP contribution in [0, 0.1) is 5.82 Å². The smallest absolute Gasteiger partial charge is 0.331 e. The molecule has 1 fully saturated rings. The van der Waals surface area contributed by atoms with E-state index in [9.17, 15) is 27.6 Å². The van der Waals surface area contributed by atoms with Crippen LogP contribution in [0.3, 0.4) is 0 Å². The summed E-state index contributed by atoms with van der Waals surface area (Å²) in [6.45, 7) is 0.619. The summed E-state index contributed by atoms with van der Waals surface area (Å²) in [6.07, 6.45) is -2.42. The predicted octanol–water partition coefficient (Wildman–Crippen LogP) is 1.93. The summed E-state index contributed by atoms with van der Waals surface area (Å²) in [5, 5.41) is 6.06. The van der Waals surface area contributed by atoms with Crippen LogP contribution in [-0.4, -0.2) is 87.9 Å². The largest absolute Gasteiger partial charge is 0.457 e. The summed E-state index contributed by atoms with van der Waals surface area (Å²) in [4.78, 5) is 42.5. The number of amides is 2. The molecule has 9 nitrogen and oxygen atoms in total. The lowest BCUT2D eigenvalue weighted by molar-refractivity contribution is -0.180. The number of nitrogens with one attached hydrogen (secondary N) is 2. The molecule has 2 heterocycles. The Bertz CT molecular complexity index is 989. The molecule has 0 spiro atoms. The van der Waals surface area contributed by atoms with Crippen molar-refractivity contribution < 1.29 is 44.4 Å². The van der Waals surface area contributed by atoms with E-state index in [0.717, 1.165) is 0 Å². The van der Waals surface area contributed by atoms with Gasteiger partial charge in [0, 0.05) is 28.4 Å². The molecule has 1 saturated heterocycles. The topological polar surface area (TPSA) is 100 Å². The van der Waals surface area contributed by atoms with Crippen LogP contribution in [0.4, 0.5) is 23.2 Å². The predicted molar refractivity (Wildman–Crippen MR) is 125 cm³/mol. The van der Waals surface area contributed by atoms with E-state index in [4.69, 9.17) is 9.57 Å². The molecule has 0 aliphatic carbocycles. The second-order valence-electron chi connectivity index (χ2n) is 8.18. The second kappa shape index (κ2) is 13.2. The number of esters is 1. The Kier molecular flexibility index (Phi) is 10.1. The summed E-state index contributed by atoms with van der Waals surface area (Å²) < 4.78 is 57.0. The van der Waals surface area contributed by atoms with Crippen molar-refractivity contribution in [1.29, 1.82) is 0 Å². The normalized spacial score (nSPS) is 18.5. The second-order valence-corrected chi connectivity index (χ2v) is 8.18. The van der Waals surface area contributed by atoms with Crippen LogP contribution in [0.5, 0.6) is 0 Å². The number of rotatable bonds is 10. The Morgan fingerprint density at radius 2 is 2.03 bits per heavy atom. The van der Waals surface area contributed by atoms with Gasteiger partial charge in [0.1, 0.15) is 11.9 Å². The number of benzene rings is 1. The molecule has 2 aliphatic heterocycles. The Labute approximate surface area is 208 Å². The summed E-state index contributed by atoms with van der Waals surface area (Å²) >= 11 is 0. The number of hydrogen-bond acceptors (Lipinski definition) is 7. The highest BCUT2D eigenvalue weighted by Gasteiger charge is 2.26. The number of carbonyl (C=O) groups is 3. The molecular formula is C23H32F4N4O5.